The van der Waals surface area contributed by atoms with Crippen LogP contribution in [-0.2, 0) is 19.9 Å². The number of allylic oxidation sites excluding steroid dienone is 3. The number of para-hydroxylation sites is 2. The third-order valence-electron chi connectivity index (χ3n) is 6.23. The number of amides is 1. The highest BCUT2D eigenvalue weighted by Gasteiger charge is 2.50. The third kappa shape index (κ3) is 4.23. The van der Waals surface area contributed by atoms with Crippen LogP contribution in [0.5, 0.6) is 11.5 Å². The number of nitrogens with one attached hydrogen (secondary N) is 1. The maximum atomic E-state index is 11.4. The fourth-order valence-corrected chi connectivity index (χ4v) is 4.74. The molecule has 2 aliphatic rings. The van der Waals surface area contributed by atoms with Crippen LogP contribution in [-0.4, -0.2) is 46.6 Å². The van der Waals surface area contributed by atoms with Gasteiger partial charge in [0.1, 0.15) is 17.3 Å². The number of methoxy groups -OCH3 is 4. The Balaban J connectivity index is 2.03. The highest BCUT2D eigenvalue weighted by atomic mass is 16.5. The number of hydrogen-bond donors (Lipinski definition) is 1. The molecule has 0 fully saturated rings. The van der Waals surface area contributed by atoms with Crippen molar-refractivity contribution in [3.05, 3.63) is 88.8 Å². The molecule has 0 spiro atoms. The van der Waals surface area contributed by atoms with E-state index in [4.69, 9.17) is 23.9 Å². The van der Waals surface area contributed by atoms with E-state index in [2.05, 4.69) is 5.32 Å². The van der Waals surface area contributed by atoms with Gasteiger partial charge in [-0.1, -0.05) is 36.4 Å². The van der Waals surface area contributed by atoms with Crippen molar-refractivity contribution >= 4 is 17.2 Å². The molecule has 1 amide bonds. The van der Waals surface area contributed by atoms with Crippen molar-refractivity contribution in [2.75, 3.05) is 35.0 Å². The van der Waals surface area contributed by atoms with Crippen LogP contribution in [0.15, 0.2) is 82.7 Å². The largest absolute Gasteiger partial charge is 0.497 e. The summed E-state index contributed by atoms with van der Waals surface area (Å²) < 4.78 is 23.9. The van der Waals surface area contributed by atoms with Gasteiger partial charge in [0.05, 0.1) is 27.0 Å². The van der Waals surface area contributed by atoms with Crippen molar-refractivity contribution in [2.24, 2.45) is 4.99 Å². The van der Waals surface area contributed by atoms with Gasteiger partial charge in [0, 0.05) is 61.0 Å². The summed E-state index contributed by atoms with van der Waals surface area (Å²) in [5, 5.41) is 2.84. The van der Waals surface area contributed by atoms with Crippen LogP contribution in [0.4, 0.5) is 0 Å². The number of hydrogen-bond acceptors (Lipinski definition) is 6. The van der Waals surface area contributed by atoms with Crippen molar-refractivity contribution in [3.8, 4) is 11.5 Å². The van der Waals surface area contributed by atoms with E-state index >= 15 is 0 Å². The van der Waals surface area contributed by atoms with E-state index in [-0.39, 0.29) is 5.91 Å². The summed E-state index contributed by atoms with van der Waals surface area (Å²) in [6, 6.07) is 15.6. The smallest absolute Gasteiger partial charge is 0.216 e. The number of rotatable bonds is 9. The van der Waals surface area contributed by atoms with Gasteiger partial charge in [-0.25, -0.2) is 0 Å². The predicted octanol–water partition coefficient (Wildman–Crippen LogP) is 4.41. The van der Waals surface area contributed by atoms with E-state index in [0.29, 0.717) is 30.2 Å². The SMILES string of the molecule is COC1=CC2=NC(CCNC(C)=O)=CC2=C(c2ccccc2OC)C1(OC)c1ccccc1OC. The lowest BCUT2D eigenvalue weighted by molar-refractivity contribution is -0.118. The van der Waals surface area contributed by atoms with E-state index in [1.807, 2.05) is 60.7 Å². The molecule has 2 aromatic carbocycles. The highest BCUT2D eigenvalue weighted by Crippen LogP contribution is 2.54. The number of carbonyl (C=O) groups is 1. The number of nitrogens with zero attached hydrogens (tertiary/aromatic N) is 1. The molecular weight excluding hydrogens is 444 g/mol. The summed E-state index contributed by atoms with van der Waals surface area (Å²) in [6.07, 6.45) is 4.55. The summed E-state index contributed by atoms with van der Waals surface area (Å²) in [6.45, 7) is 2.00. The zero-order valence-corrected chi connectivity index (χ0v) is 20.7. The number of carbonyl (C=O) groups excluding carboxylic acids is 1. The molecule has 7 nitrogen and oxygen atoms in total. The lowest BCUT2D eigenvalue weighted by Crippen LogP contribution is -2.38. The highest BCUT2D eigenvalue weighted by molar-refractivity contribution is 6.20. The predicted molar refractivity (Wildman–Crippen MR) is 136 cm³/mol. The Morgan fingerprint density at radius 1 is 0.914 bits per heavy atom. The lowest BCUT2D eigenvalue weighted by Gasteiger charge is -2.40. The molecule has 0 aromatic heterocycles. The molecule has 0 saturated carbocycles. The first kappa shape index (κ1) is 24.3. The molecule has 35 heavy (non-hydrogen) atoms. The Bertz CT molecular complexity index is 1260. The van der Waals surface area contributed by atoms with Crippen LogP contribution in [0.3, 0.4) is 0 Å². The summed E-state index contributed by atoms with van der Waals surface area (Å²) in [5.41, 5.74) is 3.89. The van der Waals surface area contributed by atoms with E-state index in [1.165, 1.54) is 6.92 Å². The van der Waals surface area contributed by atoms with E-state index in [0.717, 1.165) is 33.7 Å². The molecule has 1 unspecified atom stereocenters. The van der Waals surface area contributed by atoms with Crippen LogP contribution < -0.4 is 14.8 Å². The number of benzene rings is 2. The zero-order valence-electron chi connectivity index (χ0n) is 20.7. The second-order valence-corrected chi connectivity index (χ2v) is 8.15. The van der Waals surface area contributed by atoms with Gasteiger partial charge in [0.15, 0.2) is 5.60 Å². The Morgan fingerprint density at radius 3 is 2.26 bits per heavy atom. The fraction of sp³-hybridized carbons (Fsp3) is 0.286. The Labute approximate surface area is 205 Å². The lowest BCUT2D eigenvalue weighted by atomic mass is 9.73. The number of fused-ring (bicyclic) bond motifs is 1. The molecule has 1 aliphatic carbocycles. The molecule has 2 aromatic rings. The topological polar surface area (TPSA) is 78.4 Å². The minimum atomic E-state index is -1.13. The Kier molecular flexibility index (Phi) is 7.07. The monoisotopic (exact) mass is 474 g/mol. The quantitative estimate of drug-likeness (QED) is 0.583. The first-order chi connectivity index (χ1) is 17.0. The molecule has 4 rings (SSSR count). The molecule has 1 N–H and O–H groups in total. The minimum absolute atomic E-state index is 0.0706. The molecule has 1 aliphatic heterocycles. The Hall–Kier alpha value is -3.84. The average molecular weight is 475 g/mol. The molecule has 0 radical (unpaired) electrons. The molecule has 0 saturated heterocycles. The van der Waals surface area contributed by atoms with E-state index in [1.54, 1.807) is 28.4 Å². The van der Waals surface area contributed by atoms with Gasteiger partial charge in [-0.3, -0.25) is 9.79 Å². The van der Waals surface area contributed by atoms with Crippen LogP contribution >= 0.6 is 0 Å². The summed E-state index contributed by atoms with van der Waals surface area (Å²) >= 11 is 0. The van der Waals surface area contributed by atoms with Crippen molar-refractivity contribution < 1.29 is 23.7 Å². The second kappa shape index (κ2) is 10.2. The maximum Gasteiger partial charge on any atom is 0.216 e. The Morgan fingerprint density at radius 2 is 1.60 bits per heavy atom. The maximum absolute atomic E-state index is 11.4. The number of aliphatic imine (C=N–C) groups is 1. The molecule has 0 bridgehead atoms. The van der Waals surface area contributed by atoms with Crippen molar-refractivity contribution in [2.45, 2.75) is 18.9 Å². The minimum Gasteiger partial charge on any atom is -0.497 e. The van der Waals surface area contributed by atoms with Crippen molar-refractivity contribution in [3.63, 3.8) is 0 Å². The third-order valence-corrected chi connectivity index (χ3v) is 6.23. The average Bonchev–Trinajstić information content (AvgIpc) is 3.29. The van der Waals surface area contributed by atoms with Crippen LogP contribution in [0.2, 0.25) is 0 Å². The standard InChI is InChI=1S/C28H30N2O5/c1-18(31)29-15-14-19-16-21-23(30-19)17-26(34-4)28(35-5,22-11-7-9-13-25(22)33-3)27(21)20-10-6-8-12-24(20)32-2/h6-13,16-17H,14-15H2,1-5H3,(H,29,31). The van der Waals surface area contributed by atoms with Crippen molar-refractivity contribution in [1.29, 1.82) is 0 Å². The van der Waals surface area contributed by atoms with E-state index < -0.39 is 5.60 Å². The van der Waals surface area contributed by atoms with E-state index in [9.17, 15) is 4.79 Å². The molecule has 7 heteroatoms. The van der Waals surface area contributed by atoms with Gasteiger partial charge in [-0.05, 0) is 18.2 Å². The number of ether oxygens (including phenoxy) is 4. The molecular formula is C28H30N2O5. The molecule has 182 valence electrons. The molecule has 1 atom stereocenters. The van der Waals surface area contributed by atoms with Crippen LogP contribution in [0.25, 0.3) is 5.57 Å². The fourth-order valence-electron chi connectivity index (χ4n) is 4.74. The van der Waals surface area contributed by atoms with Gasteiger partial charge in [-0.15, -0.1) is 0 Å². The summed E-state index contributed by atoms with van der Waals surface area (Å²) in [7, 11) is 6.57. The van der Waals surface area contributed by atoms with Gasteiger partial charge in [-0.2, -0.15) is 0 Å². The van der Waals surface area contributed by atoms with Gasteiger partial charge < -0.3 is 24.3 Å². The van der Waals surface area contributed by atoms with Gasteiger partial charge in [0.25, 0.3) is 0 Å². The normalized spacial score (nSPS) is 18.8. The van der Waals surface area contributed by atoms with Crippen LogP contribution in [0.1, 0.15) is 24.5 Å². The molecule has 1 heterocycles. The second-order valence-electron chi connectivity index (χ2n) is 8.15. The first-order valence-electron chi connectivity index (χ1n) is 11.4. The first-order valence-corrected chi connectivity index (χ1v) is 11.4. The summed E-state index contributed by atoms with van der Waals surface area (Å²) in [4.78, 5) is 16.2. The van der Waals surface area contributed by atoms with Gasteiger partial charge in [0.2, 0.25) is 5.91 Å². The zero-order chi connectivity index (χ0) is 25.0. The van der Waals surface area contributed by atoms with Crippen LogP contribution in [0, 0.1) is 0 Å². The van der Waals surface area contributed by atoms with Gasteiger partial charge >= 0.3 is 0 Å². The summed E-state index contributed by atoms with van der Waals surface area (Å²) in [5.74, 6) is 1.87. The van der Waals surface area contributed by atoms with Crippen molar-refractivity contribution in [1.82, 2.24) is 5.32 Å².